The highest BCUT2D eigenvalue weighted by molar-refractivity contribution is 7.18. The van der Waals surface area contributed by atoms with Gasteiger partial charge < -0.3 is 15.0 Å². The van der Waals surface area contributed by atoms with Crippen LogP contribution in [0.5, 0.6) is 0 Å². The summed E-state index contributed by atoms with van der Waals surface area (Å²) in [5.41, 5.74) is 2.07. The van der Waals surface area contributed by atoms with E-state index < -0.39 is 6.10 Å². The van der Waals surface area contributed by atoms with Gasteiger partial charge in [-0.05, 0) is 43.2 Å². The van der Waals surface area contributed by atoms with Crippen molar-refractivity contribution in [3.63, 3.8) is 0 Å². The maximum Gasteiger partial charge on any atom is 0.254 e. The topological polar surface area (TPSA) is 71.5 Å². The summed E-state index contributed by atoms with van der Waals surface area (Å²) in [5.74, 6) is -0.280. The lowest BCUT2D eigenvalue weighted by Crippen LogP contribution is -2.28. The third kappa shape index (κ3) is 4.05. The van der Waals surface area contributed by atoms with E-state index in [9.17, 15) is 9.59 Å². The average molecular weight is 395 g/mol. The maximum absolute atomic E-state index is 12.8. The number of hydrogen-bond donors (Lipinski definition) is 1. The summed E-state index contributed by atoms with van der Waals surface area (Å²) in [6.07, 6.45) is 1.23. The monoisotopic (exact) mass is 395 g/mol. The number of para-hydroxylation sites is 1. The number of thiazole rings is 1. The fraction of sp³-hybridized carbons (Fsp3) is 0.286. The van der Waals surface area contributed by atoms with Gasteiger partial charge in [-0.2, -0.15) is 0 Å². The second-order valence-corrected chi connectivity index (χ2v) is 7.92. The van der Waals surface area contributed by atoms with E-state index in [1.165, 1.54) is 0 Å². The summed E-state index contributed by atoms with van der Waals surface area (Å²) in [7, 11) is 1.76. The molecule has 1 atom stereocenters. The maximum atomic E-state index is 12.8. The number of rotatable bonds is 5. The van der Waals surface area contributed by atoms with Crippen LogP contribution in [0.15, 0.2) is 48.5 Å². The van der Waals surface area contributed by atoms with E-state index >= 15 is 0 Å². The normalized spacial score (nSPS) is 16.2. The lowest BCUT2D eigenvalue weighted by Gasteiger charge is -2.16. The second-order valence-electron chi connectivity index (χ2n) is 6.81. The molecule has 7 heteroatoms. The first-order chi connectivity index (χ1) is 13.6. The van der Waals surface area contributed by atoms with Gasteiger partial charge in [-0.15, -0.1) is 11.3 Å². The first-order valence-electron chi connectivity index (χ1n) is 9.22. The third-order valence-electron chi connectivity index (χ3n) is 4.66. The minimum Gasteiger partial charge on any atom is -0.368 e. The van der Waals surface area contributed by atoms with Gasteiger partial charge in [0.25, 0.3) is 11.8 Å². The molecule has 0 bridgehead atoms. The van der Waals surface area contributed by atoms with Crippen molar-refractivity contribution in [3.05, 3.63) is 59.1 Å². The number of aromatic nitrogens is 1. The number of hydrogen-bond acceptors (Lipinski definition) is 5. The molecular formula is C21H21N3O3S. The fourth-order valence-corrected chi connectivity index (χ4v) is 4.24. The summed E-state index contributed by atoms with van der Waals surface area (Å²) in [4.78, 5) is 31.3. The Bertz CT molecular complexity index is 978. The van der Waals surface area contributed by atoms with Crippen molar-refractivity contribution in [2.24, 2.45) is 0 Å². The smallest absolute Gasteiger partial charge is 0.254 e. The largest absolute Gasteiger partial charge is 0.368 e. The molecule has 1 aromatic heterocycles. The SMILES string of the molecule is CN(Cc1nc2ccccc2s1)C(=O)c1cccc(NC(=O)C2CCCO2)c1. The van der Waals surface area contributed by atoms with E-state index in [1.54, 1.807) is 47.5 Å². The molecule has 0 saturated carbocycles. The first kappa shape index (κ1) is 18.6. The van der Waals surface area contributed by atoms with E-state index in [0.29, 0.717) is 24.4 Å². The lowest BCUT2D eigenvalue weighted by atomic mass is 10.1. The van der Waals surface area contributed by atoms with Crippen LogP contribution < -0.4 is 5.32 Å². The third-order valence-corrected chi connectivity index (χ3v) is 5.68. The Hall–Kier alpha value is -2.77. The molecule has 1 fully saturated rings. The molecule has 28 heavy (non-hydrogen) atoms. The minimum absolute atomic E-state index is 0.118. The molecule has 1 saturated heterocycles. The van der Waals surface area contributed by atoms with Gasteiger partial charge in [0.1, 0.15) is 11.1 Å². The Morgan fingerprint density at radius 2 is 2.11 bits per heavy atom. The average Bonchev–Trinajstić information content (AvgIpc) is 3.37. The number of nitrogens with one attached hydrogen (secondary N) is 1. The van der Waals surface area contributed by atoms with Crippen LogP contribution in [0.3, 0.4) is 0 Å². The van der Waals surface area contributed by atoms with E-state index in [4.69, 9.17) is 4.74 Å². The van der Waals surface area contributed by atoms with Crippen molar-refractivity contribution in [2.45, 2.75) is 25.5 Å². The fourth-order valence-electron chi connectivity index (χ4n) is 3.22. The number of carbonyl (C=O) groups is 2. The van der Waals surface area contributed by atoms with Crippen LogP contribution in [0.4, 0.5) is 5.69 Å². The number of amides is 2. The molecule has 3 aromatic rings. The number of ether oxygens (including phenoxy) is 1. The zero-order chi connectivity index (χ0) is 19.5. The summed E-state index contributed by atoms with van der Waals surface area (Å²) in [6.45, 7) is 1.05. The van der Waals surface area contributed by atoms with Crippen molar-refractivity contribution < 1.29 is 14.3 Å². The molecule has 4 rings (SSSR count). The van der Waals surface area contributed by atoms with Crippen LogP contribution in [0.2, 0.25) is 0 Å². The van der Waals surface area contributed by atoms with Crippen LogP contribution >= 0.6 is 11.3 Å². The predicted octanol–water partition coefficient (Wildman–Crippen LogP) is 3.69. The highest BCUT2D eigenvalue weighted by Crippen LogP contribution is 2.23. The molecule has 0 spiro atoms. The van der Waals surface area contributed by atoms with E-state index in [1.807, 2.05) is 24.3 Å². The first-order valence-corrected chi connectivity index (χ1v) is 10.0. The number of benzene rings is 2. The Labute approximate surface area is 167 Å². The molecule has 144 valence electrons. The quantitative estimate of drug-likeness (QED) is 0.715. The van der Waals surface area contributed by atoms with Crippen LogP contribution in [-0.2, 0) is 16.1 Å². The van der Waals surface area contributed by atoms with E-state index in [-0.39, 0.29) is 11.8 Å². The summed E-state index contributed by atoms with van der Waals surface area (Å²) in [5, 5.41) is 3.73. The van der Waals surface area contributed by atoms with Crippen LogP contribution in [0, 0.1) is 0 Å². The molecule has 2 amide bonds. The van der Waals surface area contributed by atoms with Gasteiger partial charge in [0.05, 0.1) is 16.8 Å². The molecule has 0 radical (unpaired) electrons. The molecule has 1 unspecified atom stereocenters. The van der Waals surface area contributed by atoms with Crippen molar-refractivity contribution in [1.29, 1.82) is 0 Å². The molecule has 0 aliphatic carbocycles. The Morgan fingerprint density at radius 3 is 2.89 bits per heavy atom. The molecule has 2 aromatic carbocycles. The van der Waals surface area contributed by atoms with Crippen LogP contribution in [0.25, 0.3) is 10.2 Å². The van der Waals surface area contributed by atoms with Gasteiger partial charge in [-0.1, -0.05) is 18.2 Å². The zero-order valence-corrected chi connectivity index (χ0v) is 16.4. The van der Waals surface area contributed by atoms with Gasteiger partial charge in [0.2, 0.25) is 0 Å². The Kier molecular flexibility index (Phi) is 5.36. The van der Waals surface area contributed by atoms with Gasteiger partial charge in [0, 0.05) is 24.9 Å². The highest BCUT2D eigenvalue weighted by Gasteiger charge is 2.24. The van der Waals surface area contributed by atoms with E-state index in [0.717, 1.165) is 28.1 Å². The summed E-state index contributed by atoms with van der Waals surface area (Å²) >= 11 is 1.59. The van der Waals surface area contributed by atoms with Crippen LogP contribution in [0.1, 0.15) is 28.2 Å². The second kappa shape index (κ2) is 8.08. The Morgan fingerprint density at radius 1 is 1.25 bits per heavy atom. The van der Waals surface area contributed by atoms with Crippen molar-refractivity contribution in [2.75, 3.05) is 19.0 Å². The minimum atomic E-state index is -0.402. The molecule has 6 nitrogen and oxygen atoms in total. The standard InChI is InChI=1S/C21H21N3O3S/c1-24(13-19-23-16-8-2-3-10-18(16)28-19)21(26)14-6-4-7-15(12-14)22-20(25)17-9-5-11-27-17/h2-4,6-8,10,12,17H,5,9,11,13H2,1H3,(H,22,25). The van der Waals surface area contributed by atoms with Gasteiger partial charge in [-0.3, -0.25) is 9.59 Å². The molecule has 2 heterocycles. The number of anilines is 1. The number of nitrogens with zero attached hydrogens (tertiary/aromatic N) is 2. The predicted molar refractivity (Wildman–Crippen MR) is 109 cm³/mol. The summed E-state index contributed by atoms with van der Waals surface area (Å²) < 4.78 is 6.51. The van der Waals surface area contributed by atoms with Crippen molar-refractivity contribution >= 4 is 39.1 Å². The number of fused-ring (bicyclic) bond motifs is 1. The van der Waals surface area contributed by atoms with Gasteiger partial charge in [-0.25, -0.2) is 4.98 Å². The van der Waals surface area contributed by atoms with Gasteiger partial charge in [0.15, 0.2) is 0 Å². The molecular weight excluding hydrogens is 374 g/mol. The zero-order valence-electron chi connectivity index (χ0n) is 15.6. The lowest BCUT2D eigenvalue weighted by molar-refractivity contribution is -0.124. The van der Waals surface area contributed by atoms with Crippen molar-refractivity contribution in [1.82, 2.24) is 9.88 Å². The number of carbonyl (C=O) groups excluding carboxylic acids is 2. The molecule has 1 aliphatic heterocycles. The molecule has 1 aliphatic rings. The highest BCUT2D eigenvalue weighted by atomic mass is 32.1. The Balaban J connectivity index is 1.43. The summed E-state index contributed by atoms with van der Waals surface area (Å²) in [6, 6.07) is 14.9. The van der Waals surface area contributed by atoms with Gasteiger partial charge >= 0.3 is 0 Å². The van der Waals surface area contributed by atoms with E-state index in [2.05, 4.69) is 10.3 Å². The van der Waals surface area contributed by atoms with Crippen molar-refractivity contribution in [3.8, 4) is 0 Å². The molecule has 1 N–H and O–H groups in total. The van der Waals surface area contributed by atoms with Crippen LogP contribution in [-0.4, -0.2) is 41.5 Å².